The van der Waals surface area contributed by atoms with Gasteiger partial charge in [-0.15, -0.1) is 0 Å². The first-order valence-corrected chi connectivity index (χ1v) is 5.32. The minimum absolute atomic E-state index is 0.432. The molecule has 0 amide bonds. The van der Waals surface area contributed by atoms with E-state index in [0.29, 0.717) is 12.1 Å². The maximum atomic E-state index is 5.69. The second kappa shape index (κ2) is 7.97. The lowest BCUT2D eigenvalue weighted by atomic mass is 9.94. The second-order valence-electron chi connectivity index (χ2n) is 3.38. The van der Waals surface area contributed by atoms with Crippen LogP contribution in [0.15, 0.2) is 0 Å². The molecule has 1 rings (SSSR count). The highest BCUT2D eigenvalue weighted by atomic mass is 31.0. The molecule has 0 heterocycles. The Labute approximate surface area is 78.5 Å². The van der Waals surface area contributed by atoms with Crippen molar-refractivity contribution in [2.24, 2.45) is 5.73 Å². The van der Waals surface area contributed by atoms with E-state index in [9.17, 15) is 0 Å². The number of hydrogen-bond donors (Lipinski definition) is 1. The molecule has 74 valence electrons. The zero-order valence-electron chi connectivity index (χ0n) is 8.25. The van der Waals surface area contributed by atoms with Crippen molar-refractivity contribution in [3.63, 3.8) is 0 Å². The monoisotopic (exact) mass is 191 g/mol. The molecule has 1 unspecified atom stereocenters. The summed E-state index contributed by atoms with van der Waals surface area (Å²) in [5.41, 5.74) is 5.69. The molecule has 2 nitrogen and oxygen atoms in total. The molecule has 0 aromatic rings. The summed E-state index contributed by atoms with van der Waals surface area (Å²) in [5.74, 6) is 0. The van der Waals surface area contributed by atoms with Crippen molar-refractivity contribution in [1.29, 1.82) is 0 Å². The third kappa shape index (κ3) is 5.93. The molecule has 0 radical (unpaired) electrons. The molecule has 0 bridgehead atoms. The van der Waals surface area contributed by atoms with E-state index in [2.05, 4.69) is 23.3 Å². The molecule has 1 fully saturated rings. The van der Waals surface area contributed by atoms with Crippen LogP contribution in [0, 0.1) is 0 Å². The Morgan fingerprint density at radius 3 is 2.00 bits per heavy atom. The van der Waals surface area contributed by atoms with Gasteiger partial charge in [-0.3, -0.25) is 0 Å². The van der Waals surface area contributed by atoms with Crippen LogP contribution in [0.2, 0.25) is 0 Å². The highest BCUT2D eigenvalue weighted by molar-refractivity contribution is 7.09. The average molecular weight is 191 g/mol. The third-order valence-corrected chi connectivity index (χ3v) is 2.30. The molecule has 0 spiro atoms. The highest BCUT2D eigenvalue weighted by Crippen LogP contribution is 2.20. The fourth-order valence-electron chi connectivity index (χ4n) is 1.22. The molecule has 0 aromatic carbocycles. The van der Waals surface area contributed by atoms with Gasteiger partial charge >= 0.3 is 0 Å². The van der Waals surface area contributed by atoms with Crippen molar-refractivity contribution >= 4 is 9.47 Å². The van der Waals surface area contributed by atoms with Gasteiger partial charge in [-0.25, -0.2) is 0 Å². The van der Waals surface area contributed by atoms with Gasteiger partial charge in [-0.2, -0.15) is 0 Å². The number of hydrogen-bond acceptors (Lipinski definition) is 2. The minimum atomic E-state index is 0.432. The summed E-state index contributed by atoms with van der Waals surface area (Å²) in [6, 6.07) is 0.432. The predicted molar refractivity (Wildman–Crippen MR) is 57.0 cm³/mol. The molecule has 0 saturated heterocycles. The Balaban J connectivity index is 0.000000354. The summed E-state index contributed by atoms with van der Waals surface area (Å²) in [5, 5.41) is 0. The maximum Gasteiger partial charge on any atom is 0.0612 e. The van der Waals surface area contributed by atoms with Gasteiger partial charge in [0.1, 0.15) is 0 Å². The van der Waals surface area contributed by atoms with Crippen LogP contribution < -0.4 is 5.73 Å². The van der Waals surface area contributed by atoms with E-state index < -0.39 is 0 Å². The zero-order chi connectivity index (χ0) is 9.40. The van der Waals surface area contributed by atoms with Crippen LogP contribution >= 0.6 is 9.47 Å². The van der Waals surface area contributed by atoms with Crippen LogP contribution in [0.4, 0.5) is 0 Å². The summed E-state index contributed by atoms with van der Waals surface area (Å²) >= 11 is 0. The van der Waals surface area contributed by atoms with Crippen LogP contribution in [0.3, 0.4) is 0 Å². The molecular formula is C9H22NOP. The Bertz CT molecular complexity index is 92.5. The Kier molecular flexibility index (Phi) is 8.20. The van der Waals surface area contributed by atoms with Gasteiger partial charge in [0.05, 0.1) is 6.10 Å². The average Bonchev–Trinajstić information content (AvgIpc) is 2.07. The Morgan fingerprint density at radius 2 is 1.67 bits per heavy atom. The SMILES string of the molecule is CCC.NC1CCC(OP)CC1. The highest BCUT2D eigenvalue weighted by Gasteiger charge is 2.17. The van der Waals surface area contributed by atoms with Crippen LogP contribution in [0.1, 0.15) is 46.0 Å². The normalized spacial score (nSPS) is 29.0. The predicted octanol–water partition coefficient (Wildman–Crippen LogP) is 2.48. The first-order chi connectivity index (χ1) is 5.74. The quantitative estimate of drug-likeness (QED) is 0.646. The fourth-order valence-corrected chi connectivity index (χ4v) is 1.50. The van der Waals surface area contributed by atoms with Crippen molar-refractivity contribution in [2.75, 3.05) is 0 Å². The van der Waals surface area contributed by atoms with Crippen molar-refractivity contribution in [2.45, 2.75) is 58.1 Å². The number of nitrogens with two attached hydrogens (primary N) is 1. The van der Waals surface area contributed by atoms with E-state index in [1.165, 1.54) is 6.42 Å². The van der Waals surface area contributed by atoms with Crippen LogP contribution in [-0.4, -0.2) is 12.1 Å². The molecule has 0 aromatic heterocycles. The van der Waals surface area contributed by atoms with E-state index in [1.807, 2.05) is 0 Å². The lowest BCUT2D eigenvalue weighted by molar-refractivity contribution is 0.173. The van der Waals surface area contributed by atoms with Gasteiger partial charge in [0.25, 0.3) is 0 Å². The second-order valence-corrected chi connectivity index (χ2v) is 3.65. The van der Waals surface area contributed by atoms with Crippen molar-refractivity contribution in [3.8, 4) is 0 Å². The lowest BCUT2D eigenvalue weighted by Gasteiger charge is -2.24. The van der Waals surface area contributed by atoms with Gasteiger partial charge in [0, 0.05) is 15.5 Å². The smallest absolute Gasteiger partial charge is 0.0612 e. The van der Waals surface area contributed by atoms with E-state index in [-0.39, 0.29) is 0 Å². The minimum Gasteiger partial charge on any atom is -0.362 e. The maximum absolute atomic E-state index is 5.69. The van der Waals surface area contributed by atoms with Crippen molar-refractivity contribution in [1.82, 2.24) is 0 Å². The van der Waals surface area contributed by atoms with Gasteiger partial charge in [0.15, 0.2) is 0 Å². The molecular weight excluding hydrogens is 169 g/mol. The molecule has 1 atom stereocenters. The summed E-state index contributed by atoms with van der Waals surface area (Å²) in [6.45, 7) is 4.25. The zero-order valence-corrected chi connectivity index (χ0v) is 9.41. The first kappa shape index (κ1) is 12.3. The molecule has 12 heavy (non-hydrogen) atoms. The first-order valence-electron chi connectivity index (χ1n) is 4.85. The Hall–Kier alpha value is 0.350. The van der Waals surface area contributed by atoms with Crippen LogP contribution in [0.5, 0.6) is 0 Å². The van der Waals surface area contributed by atoms with Crippen LogP contribution in [-0.2, 0) is 4.52 Å². The van der Waals surface area contributed by atoms with Gasteiger partial charge in [-0.05, 0) is 25.7 Å². The van der Waals surface area contributed by atoms with E-state index in [0.717, 1.165) is 25.7 Å². The largest absolute Gasteiger partial charge is 0.362 e. The molecule has 1 aliphatic rings. The summed E-state index contributed by atoms with van der Waals surface area (Å²) in [6.07, 6.45) is 6.21. The summed E-state index contributed by atoms with van der Waals surface area (Å²) in [7, 11) is 2.32. The van der Waals surface area contributed by atoms with Gasteiger partial charge in [0.2, 0.25) is 0 Å². The van der Waals surface area contributed by atoms with E-state index in [4.69, 9.17) is 10.3 Å². The number of rotatable bonds is 1. The van der Waals surface area contributed by atoms with Crippen LogP contribution in [0.25, 0.3) is 0 Å². The standard InChI is InChI=1S/C6H14NOP.C3H8/c7-5-1-3-6(8-9)4-2-5;1-3-2/h5-6H,1-4,7,9H2;3H2,1-2H3. The van der Waals surface area contributed by atoms with Gasteiger partial charge < -0.3 is 10.3 Å². The van der Waals surface area contributed by atoms with E-state index in [1.54, 1.807) is 0 Å². The van der Waals surface area contributed by atoms with E-state index >= 15 is 0 Å². The molecule has 1 saturated carbocycles. The Morgan fingerprint density at radius 1 is 1.25 bits per heavy atom. The topological polar surface area (TPSA) is 35.2 Å². The summed E-state index contributed by atoms with van der Waals surface area (Å²) in [4.78, 5) is 0. The molecule has 3 heteroatoms. The lowest BCUT2D eigenvalue weighted by Crippen LogP contribution is -2.28. The van der Waals surface area contributed by atoms with Crippen molar-refractivity contribution in [3.05, 3.63) is 0 Å². The van der Waals surface area contributed by atoms with Crippen molar-refractivity contribution < 1.29 is 4.52 Å². The molecule has 1 aliphatic carbocycles. The third-order valence-electron chi connectivity index (χ3n) is 1.91. The summed E-state index contributed by atoms with van der Waals surface area (Å²) < 4.78 is 5.10. The fraction of sp³-hybridized carbons (Fsp3) is 1.00. The molecule has 2 N–H and O–H groups in total. The molecule has 0 aliphatic heterocycles. The van der Waals surface area contributed by atoms with Gasteiger partial charge in [-0.1, -0.05) is 20.3 Å².